The Kier molecular flexibility index (Phi) is 3.92. The minimum atomic E-state index is 0.0391. The summed E-state index contributed by atoms with van der Waals surface area (Å²) in [6.45, 7) is 3.58. The maximum absolute atomic E-state index is 12.2. The molecule has 1 fully saturated rings. The summed E-state index contributed by atoms with van der Waals surface area (Å²) in [6, 6.07) is 7.53. The van der Waals surface area contributed by atoms with Crippen LogP contribution < -0.4 is 10.6 Å². The van der Waals surface area contributed by atoms with Crippen molar-refractivity contribution in [3.8, 4) is 5.69 Å². The zero-order chi connectivity index (χ0) is 14.7. The highest BCUT2D eigenvalue weighted by Crippen LogP contribution is 2.17. The summed E-state index contributed by atoms with van der Waals surface area (Å²) in [7, 11) is 0. The monoisotopic (exact) mass is 286 g/mol. The number of aromatic nitrogens is 4. The molecule has 21 heavy (non-hydrogen) atoms. The second-order valence-corrected chi connectivity index (χ2v) is 5.22. The zero-order valence-electron chi connectivity index (χ0n) is 11.9. The van der Waals surface area contributed by atoms with E-state index in [0.717, 1.165) is 37.3 Å². The Morgan fingerprint density at radius 2 is 2.38 bits per heavy atom. The quantitative estimate of drug-likeness (QED) is 0.876. The Bertz CT molecular complexity index is 632. The van der Waals surface area contributed by atoms with E-state index in [1.807, 2.05) is 31.2 Å². The Hall–Kier alpha value is -2.28. The molecule has 2 N–H and O–H groups in total. The fourth-order valence-electron chi connectivity index (χ4n) is 2.51. The van der Waals surface area contributed by atoms with Gasteiger partial charge in [-0.3, -0.25) is 4.79 Å². The predicted octanol–water partition coefficient (Wildman–Crippen LogP) is 0.909. The van der Waals surface area contributed by atoms with Gasteiger partial charge in [-0.25, -0.2) is 0 Å². The van der Waals surface area contributed by atoms with Crippen LogP contribution in [-0.4, -0.2) is 39.2 Å². The number of anilines is 1. The number of hydrogen-bond acceptors (Lipinski definition) is 5. The molecule has 110 valence electrons. The first kappa shape index (κ1) is 13.7. The number of carbonyl (C=O) groups is 1. The summed E-state index contributed by atoms with van der Waals surface area (Å²) in [4.78, 5) is 12.2. The van der Waals surface area contributed by atoms with Crippen LogP contribution in [0.5, 0.6) is 0 Å². The SMILES string of the molecule is Cc1nnnn1-c1cccc(NC(=O)C2CCCNC2)c1. The van der Waals surface area contributed by atoms with E-state index < -0.39 is 0 Å². The first-order valence-electron chi connectivity index (χ1n) is 7.11. The van der Waals surface area contributed by atoms with Gasteiger partial charge in [0, 0.05) is 12.2 Å². The first-order valence-corrected chi connectivity index (χ1v) is 7.11. The Labute approximate surface area is 122 Å². The van der Waals surface area contributed by atoms with E-state index in [-0.39, 0.29) is 11.8 Å². The summed E-state index contributed by atoms with van der Waals surface area (Å²) < 4.78 is 1.64. The van der Waals surface area contributed by atoms with Gasteiger partial charge >= 0.3 is 0 Å². The second-order valence-electron chi connectivity index (χ2n) is 5.22. The van der Waals surface area contributed by atoms with E-state index in [9.17, 15) is 4.79 Å². The molecule has 1 aliphatic rings. The highest BCUT2D eigenvalue weighted by atomic mass is 16.1. The van der Waals surface area contributed by atoms with Gasteiger partial charge in [-0.05, 0) is 54.9 Å². The minimum Gasteiger partial charge on any atom is -0.326 e. The summed E-state index contributed by atoms with van der Waals surface area (Å²) in [6.07, 6.45) is 1.98. The number of carbonyl (C=O) groups excluding carboxylic acids is 1. The van der Waals surface area contributed by atoms with Crippen LogP contribution in [0.2, 0.25) is 0 Å². The van der Waals surface area contributed by atoms with Gasteiger partial charge in [0.15, 0.2) is 5.82 Å². The number of nitrogens with zero attached hydrogens (tertiary/aromatic N) is 4. The Balaban J connectivity index is 1.74. The molecule has 7 heteroatoms. The fraction of sp³-hybridized carbons (Fsp3) is 0.429. The van der Waals surface area contributed by atoms with Crippen molar-refractivity contribution < 1.29 is 4.79 Å². The Morgan fingerprint density at radius 1 is 1.48 bits per heavy atom. The third-order valence-corrected chi connectivity index (χ3v) is 3.65. The second kappa shape index (κ2) is 6.01. The molecule has 7 nitrogen and oxygen atoms in total. The number of nitrogens with one attached hydrogen (secondary N) is 2. The number of benzene rings is 1. The molecule has 1 aromatic heterocycles. The highest BCUT2D eigenvalue weighted by molar-refractivity contribution is 5.93. The van der Waals surface area contributed by atoms with Crippen molar-refractivity contribution >= 4 is 11.6 Å². The molecular weight excluding hydrogens is 268 g/mol. The number of tetrazole rings is 1. The minimum absolute atomic E-state index is 0.0391. The van der Waals surface area contributed by atoms with E-state index in [0.29, 0.717) is 5.82 Å². The van der Waals surface area contributed by atoms with Gasteiger partial charge in [0.2, 0.25) is 5.91 Å². The average molecular weight is 286 g/mol. The third kappa shape index (κ3) is 3.08. The van der Waals surface area contributed by atoms with Gasteiger partial charge in [-0.1, -0.05) is 6.07 Å². The lowest BCUT2D eigenvalue weighted by atomic mass is 9.99. The molecule has 1 aromatic carbocycles. The van der Waals surface area contributed by atoms with Crippen LogP contribution in [-0.2, 0) is 4.79 Å². The van der Waals surface area contributed by atoms with Crippen molar-refractivity contribution in [3.63, 3.8) is 0 Å². The average Bonchev–Trinajstić information content (AvgIpc) is 2.94. The summed E-state index contributed by atoms with van der Waals surface area (Å²) in [5.74, 6) is 0.805. The summed E-state index contributed by atoms with van der Waals surface area (Å²) >= 11 is 0. The van der Waals surface area contributed by atoms with Gasteiger partial charge in [-0.2, -0.15) is 4.68 Å². The smallest absolute Gasteiger partial charge is 0.228 e. The lowest BCUT2D eigenvalue weighted by Gasteiger charge is -2.22. The van der Waals surface area contributed by atoms with E-state index >= 15 is 0 Å². The van der Waals surface area contributed by atoms with Crippen LogP contribution in [0.3, 0.4) is 0 Å². The molecule has 2 heterocycles. The van der Waals surface area contributed by atoms with E-state index in [4.69, 9.17) is 0 Å². The molecule has 3 rings (SSSR count). The van der Waals surface area contributed by atoms with Crippen molar-refractivity contribution in [2.24, 2.45) is 5.92 Å². The van der Waals surface area contributed by atoms with Crippen molar-refractivity contribution in [1.29, 1.82) is 0 Å². The van der Waals surface area contributed by atoms with Crippen LogP contribution in [0.15, 0.2) is 24.3 Å². The maximum atomic E-state index is 12.2. The molecule has 1 atom stereocenters. The standard InChI is InChI=1S/C14H18N6O/c1-10-17-18-19-20(10)13-6-2-5-12(8-13)16-14(21)11-4-3-7-15-9-11/h2,5-6,8,11,15H,3-4,7,9H2,1H3,(H,16,21). The third-order valence-electron chi connectivity index (χ3n) is 3.65. The van der Waals surface area contributed by atoms with Crippen LogP contribution in [0.25, 0.3) is 5.69 Å². The number of hydrogen-bond donors (Lipinski definition) is 2. The van der Waals surface area contributed by atoms with E-state index in [2.05, 4.69) is 26.2 Å². The topological polar surface area (TPSA) is 84.7 Å². The molecule has 1 amide bonds. The van der Waals surface area contributed by atoms with Gasteiger partial charge in [0.25, 0.3) is 0 Å². The Morgan fingerprint density at radius 3 is 3.10 bits per heavy atom. The van der Waals surface area contributed by atoms with Crippen LogP contribution in [0.1, 0.15) is 18.7 Å². The zero-order valence-corrected chi connectivity index (χ0v) is 11.9. The normalized spacial score (nSPS) is 18.4. The summed E-state index contributed by atoms with van der Waals surface area (Å²) in [5.41, 5.74) is 1.59. The maximum Gasteiger partial charge on any atom is 0.228 e. The van der Waals surface area contributed by atoms with Gasteiger partial charge in [0.05, 0.1) is 11.6 Å². The van der Waals surface area contributed by atoms with Crippen LogP contribution in [0.4, 0.5) is 5.69 Å². The molecule has 1 saturated heterocycles. The molecule has 0 spiro atoms. The number of piperidine rings is 1. The van der Waals surface area contributed by atoms with Gasteiger partial charge in [0.1, 0.15) is 0 Å². The van der Waals surface area contributed by atoms with E-state index in [1.54, 1.807) is 4.68 Å². The number of amides is 1. The van der Waals surface area contributed by atoms with Crippen molar-refractivity contribution in [2.75, 3.05) is 18.4 Å². The molecule has 2 aromatic rings. The summed E-state index contributed by atoms with van der Waals surface area (Å²) in [5, 5.41) is 17.6. The fourth-order valence-corrected chi connectivity index (χ4v) is 2.51. The molecule has 0 aliphatic carbocycles. The molecule has 1 aliphatic heterocycles. The van der Waals surface area contributed by atoms with Crippen LogP contribution >= 0.6 is 0 Å². The number of rotatable bonds is 3. The van der Waals surface area contributed by atoms with Crippen molar-refractivity contribution in [2.45, 2.75) is 19.8 Å². The lowest BCUT2D eigenvalue weighted by Crippen LogP contribution is -2.37. The molecule has 0 saturated carbocycles. The van der Waals surface area contributed by atoms with E-state index in [1.165, 1.54) is 0 Å². The van der Waals surface area contributed by atoms with Crippen molar-refractivity contribution in [3.05, 3.63) is 30.1 Å². The van der Waals surface area contributed by atoms with Crippen molar-refractivity contribution in [1.82, 2.24) is 25.5 Å². The van der Waals surface area contributed by atoms with Gasteiger partial charge < -0.3 is 10.6 Å². The predicted molar refractivity (Wildman–Crippen MR) is 78.1 cm³/mol. The van der Waals surface area contributed by atoms with Gasteiger partial charge in [-0.15, -0.1) is 5.10 Å². The molecular formula is C14H18N6O. The molecule has 0 bridgehead atoms. The van der Waals surface area contributed by atoms with Crippen LogP contribution in [0, 0.1) is 12.8 Å². The highest BCUT2D eigenvalue weighted by Gasteiger charge is 2.20. The molecule has 0 radical (unpaired) electrons. The molecule has 1 unspecified atom stereocenters. The first-order chi connectivity index (χ1) is 10.2. The lowest BCUT2D eigenvalue weighted by molar-refractivity contribution is -0.120. The largest absolute Gasteiger partial charge is 0.326 e. The number of aryl methyl sites for hydroxylation is 1.